The molecule has 2 heteroatoms. The van der Waals surface area contributed by atoms with Crippen molar-refractivity contribution in [2.75, 3.05) is 6.61 Å². The van der Waals surface area contributed by atoms with Crippen LogP contribution in [0.4, 0.5) is 0 Å². The zero-order valence-electron chi connectivity index (χ0n) is 10.0. The Balaban J connectivity index is 2.41. The van der Waals surface area contributed by atoms with Crippen LogP contribution in [0, 0.1) is 5.41 Å². The minimum absolute atomic E-state index is 0.134. The average Bonchev–Trinajstić information content (AvgIpc) is 2.15. The molecule has 0 heterocycles. The summed E-state index contributed by atoms with van der Waals surface area (Å²) in [5.41, 5.74) is 2.56. The monoisotopic (exact) mass is 236 g/mol. The molecule has 0 saturated heterocycles. The van der Waals surface area contributed by atoms with Gasteiger partial charge in [0.15, 0.2) is 0 Å². The van der Waals surface area contributed by atoms with Crippen molar-refractivity contribution in [3.05, 3.63) is 35.4 Å². The molecule has 1 nitrogen and oxygen atoms in total. The van der Waals surface area contributed by atoms with Crippen LogP contribution in [-0.4, -0.2) is 6.61 Å². The van der Waals surface area contributed by atoms with Crippen molar-refractivity contribution in [2.24, 2.45) is 5.41 Å². The lowest BCUT2D eigenvalue weighted by Gasteiger charge is -2.28. The fourth-order valence-electron chi connectivity index (χ4n) is 2.17. The van der Waals surface area contributed by atoms with Gasteiger partial charge in [-0.1, -0.05) is 31.5 Å². The molecule has 16 heavy (non-hydrogen) atoms. The fourth-order valence-corrected chi connectivity index (χ4v) is 2.65. The molecule has 0 saturated carbocycles. The summed E-state index contributed by atoms with van der Waals surface area (Å²) in [7, 11) is 0. The maximum atomic E-state index is 6.28. The first-order chi connectivity index (χ1) is 7.52. The lowest BCUT2D eigenvalue weighted by Crippen LogP contribution is -2.17. The number of hydrogen-bond acceptors (Lipinski definition) is 1. The molecule has 0 bridgehead atoms. The van der Waals surface area contributed by atoms with Gasteiger partial charge in [-0.05, 0) is 48.1 Å². The van der Waals surface area contributed by atoms with Gasteiger partial charge in [-0.3, -0.25) is 0 Å². The smallest absolute Gasteiger partial charge is 0.119 e. The molecule has 0 aliphatic heterocycles. The number of allylic oxidation sites excluding steroid dienone is 1. The highest BCUT2D eigenvalue weighted by molar-refractivity contribution is 6.49. The van der Waals surface area contributed by atoms with Crippen molar-refractivity contribution in [3.8, 4) is 5.75 Å². The number of ether oxygens (including phenoxy) is 1. The zero-order valence-corrected chi connectivity index (χ0v) is 10.8. The van der Waals surface area contributed by atoms with E-state index in [0.29, 0.717) is 6.61 Å². The second-order valence-corrected chi connectivity index (χ2v) is 5.32. The Labute approximate surface area is 102 Å². The van der Waals surface area contributed by atoms with Gasteiger partial charge in [0.2, 0.25) is 0 Å². The number of rotatable bonds is 2. The normalized spacial score (nSPS) is 17.6. The Morgan fingerprint density at radius 1 is 1.38 bits per heavy atom. The third-order valence-corrected chi connectivity index (χ3v) is 3.12. The van der Waals surface area contributed by atoms with Crippen LogP contribution in [0.3, 0.4) is 0 Å². The molecular weight excluding hydrogens is 220 g/mol. The van der Waals surface area contributed by atoms with E-state index < -0.39 is 0 Å². The van der Waals surface area contributed by atoms with E-state index in [9.17, 15) is 0 Å². The molecule has 1 aromatic carbocycles. The van der Waals surface area contributed by atoms with Crippen LogP contribution in [0.1, 0.15) is 31.9 Å². The first kappa shape index (κ1) is 11.5. The van der Waals surface area contributed by atoms with E-state index >= 15 is 0 Å². The first-order valence-electron chi connectivity index (χ1n) is 5.66. The average molecular weight is 237 g/mol. The quantitative estimate of drug-likeness (QED) is 0.746. The standard InChI is InChI=1S/C14H17ClO/c1-4-16-11-5-6-12-10(7-11)8-14(2,3)9-13(12)15/h5-7,9H,4,8H2,1-3H3. The second kappa shape index (κ2) is 4.14. The van der Waals surface area contributed by atoms with Gasteiger partial charge >= 0.3 is 0 Å². The van der Waals surface area contributed by atoms with Crippen molar-refractivity contribution in [1.29, 1.82) is 0 Å². The molecule has 0 fully saturated rings. The molecule has 0 atom stereocenters. The van der Waals surface area contributed by atoms with Crippen LogP contribution >= 0.6 is 11.6 Å². The van der Waals surface area contributed by atoms with E-state index in [1.807, 2.05) is 13.0 Å². The summed E-state index contributed by atoms with van der Waals surface area (Å²) in [6.45, 7) is 7.10. The Kier molecular flexibility index (Phi) is 2.98. The second-order valence-electron chi connectivity index (χ2n) is 4.91. The van der Waals surface area contributed by atoms with E-state index in [0.717, 1.165) is 22.8 Å². The molecule has 2 rings (SSSR count). The Bertz CT molecular complexity index is 432. The van der Waals surface area contributed by atoms with Crippen LogP contribution in [0.2, 0.25) is 0 Å². The van der Waals surface area contributed by atoms with E-state index in [-0.39, 0.29) is 5.41 Å². The van der Waals surface area contributed by atoms with Crippen molar-refractivity contribution in [1.82, 2.24) is 0 Å². The van der Waals surface area contributed by atoms with Gasteiger partial charge < -0.3 is 4.74 Å². The van der Waals surface area contributed by atoms with Crippen LogP contribution in [0.5, 0.6) is 5.75 Å². The highest BCUT2D eigenvalue weighted by atomic mass is 35.5. The zero-order chi connectivity index (χ0) is 11.8. The largest absolute Gasteiger partial charge is 0.494 e. The Hall–Kier alpha value is -0.950. The van der Waals surface area contributed by atoms with Crippen molar-refractivity contribution in [2.45, 2.75) is 27.2 Å². The highest BCUT2D eigenvalue weighted by Gasteiger charge is 2.24. The van der Waals surface area contributed by atoms with Gasteiger partial charge in [0.1, 0.15) is 5.75 Å². The van der Waals surface area contributed by atoms with Crippen molar-refractivity contribution >= 4 is 16.6 Å². The van der Waals surface area contributed by atoms with Gasteiger partial charge in [-0.2, -0.15) is 0 Å². The van der Waals surface area contributed by atoms with Gasteiger partial charge in [0.05, 0.1) is 6.61 Å². The topological polar surface area (TPSA) is 9.23 Å². The number of fused-ring (bicyclic) bond motifs is 1. The third-order valence-electron chi connectivity index (χ3n) is 2.81. The molecule has 0 radical (unpaired) electrons. The van der Waals surface area contributed by atoms with Gasteiger partial charge in [-0.15, -0.1) is 0 Å². The summed E-state index contributed by atoms with van der Waals surface area (Å²) < 4.78 is 5.51. The Morgan fingerprint density at radius 3 is 2.81 bits per heavy atom. The van der Waals surface area contributed by atoms with Crippen LogP contribution in [0.15, 0.2) is 24.3 Å². The summed E-state index contributed by atoms with van der Waals surface area (Å²) in [6, 6.07) is 6.14. The van der Waals surface area contributed by atoms with Gasteiger partial charge in [-0.25, -0.2) is 0 Å². The fraction of sp³-hybridized carbons (Fsp3) is 0.429. The maximum Gasteiger partial charge on any atom is 0.119 e. The molecule has 86 valence electrons. The molecule has 0 amide bonds. The van der Waals surface area contributed by atoms with Crippen LogP contribution in [0.25, 0.3) is 5.03 Å². The van der Waals surface area contributed by atoms with Gasteiger partial charge in [0.25, 0.3) is 0 Å². The number of benzene rings is 1. The van der Waals surface area contributed by atoms with E-state index in [1.165, 1.54) is 5.56 Å². The van der Waals surface area contributed by atoms with E-state index in [1.54, 1.807) is 0 Å². The molecule has 1 aliphatic rings. The summed E-state index contributed by atoms with van der Waals surface area (Å²) >= 11 is 6.28. The van der Waals surface area contributed by atoms with Crippen molar-refractivity contribution in [3.63, 3.8) is 0 Å². The van der Waals surface area contributed by atoms with Crippen LogP contribution < -0.4 is 4.74 Å². The van der Waals surface area contributed by atoms with E-state index in [2.05, 4.69) is 32.1 Å². The number of hydrogen-bond donors (Lipinski definition) is 0. The van der Waals surface area contributed by atoms with Crippen molar-refractivity contribution < 1.29 is 4.74 Å². The predicted molar refractivity (Wildman–Crippen MR) is 68.9 cm³/mol. The maximum absolute atomic E-state index is 6.28. The summed E-state index contributed by atoms with van der Waals surface area (Å²) in [6.07, 6.45) is 3.15. The lowest BCUT2D eigenvalue weighted by atomic mass is 9.79. The molecular formula is C14H17ClO. The van der Waals surface area contributed by atoms with E-state index in [4.69, 9.17) is 16.3 Å². The molecule has 1 aromatic rings. The predicted octanol–water partition coefficient (Wildman–Crippen LogP) is 4.25. The molecule has 0 N–H and O–H groups in total. The summed E-state index contributed by atoms with van der Waals surface area (Å²) in [5.74, 6) is 0.934. The summed E-state index contributed by atoms with van der Waals surface area (Å²) in [5, 5.41) is 0.856. The van der Waals surface area contributed by atoms with Gasteiger partial charge in [0, 0.05) is 5.03 Å². The SMILES string of the molecule is CCOc1ccc2c(c1)CC(C)(C)C=C2Cl. The third kappa shape index (κ3) is 2.25. The number of halogens is 1. The molecule has 1 aliphatic carbocycles. The molecule has 0 unspecified atom stereocenters. The highest BCUT2D eigenvalue weighted by Crippen LogP contribution is 2.39. The molecule has 0 aromatic heterocycles. The van der Waals surface area contributed by atoms with Crippen LogP contribution in [-0.2, 0) is 6.42 Å². The first-order valence-corrected chi connectivity index (χ1v) is 6.04. The lowest BCUT2D eigenvalue weighted by molar-refractivity contribution is 0.339. The minimum atomic E-state index is 0.134. The molecule has 0 spiro atoms. The minimum Gasteiger partial charge on any atom is -0.494 e. The summed E-state index contributed by atoms with van der Waals surface area (Å²) in [4.78, 5) is 0. The Morgan fingerprint density at radius 2 is 2.12 bits per heavy atom.